The van der Waals surface area contributed by atoms with Crippen LogP contribution in [0.1, 0.15) is 18.9 Å². The van der Waals surface area contributed by atoms with Gasteiger partial charge in [-0.05, 0) is 47.0 Å². The fourth-order valence-electron chi connectivity index (χ4n) is 1.53. The number of sulfone groups is 1. The van der Waals surface area contributed by atoms with Gasteiger partial charge in [0.15, 0.2) is 9.84 Å². The first-order valence-electron chi connectivity index (χ1n) is 5.65. The third-order valence-electron chi connectivity index (χ3n) is 2.37. The molecule has 0 saturated carbocycles. The normalized spacial score (nSPS) is 11.5. The minimum atomic E-state index is -2.90. The molecule has 0 fully saturated rings. The van der Waals surface area contributed by atoms with Gasteiger partial charge in [-0.3, -0.25) is 0 Å². The van der Waals surface area contributed by atoms with Crippen molar-refractivity contribution < 1.29 is 8.42 Å². The van der Waals surface area contributed by atoms with Gasteiger partial charge in [0.05, 0.1) is 5.75 Å². The summed E-state index contributed by atoms with van der Waals surface area (Å²) in [5.41, 5.74) is 2.09. The van der Waals surface area contributed by atoms with Crippen LogP contribution in [0.3, 0.4) is 0 Å². The Morgan fingerprint density at radius 1 is 1.29 bits per heavy atom. The van der Waals surface area contributed by atoms with Crippen molar-refractivity contribution >= 4 is 31.5 Å². The summed E-state index contributed by atoms with van der Waals surface area (Å²) in [6.45, 7) is 4.33. The van der Waals surface area contributed by atoms with Crippen LogP contribution < -0.4 is 5.32 Å². The molecule has 0 spiro atoms. The molecular weight excluding hydrogens is 302 g/mol. The molecule has 1 aromatic carbocycles. The summed E-state index contributed by atoms with van der Waals surface area (Å²) in [6.07, 6.45) is 0.677. The zero-order valence-electron chi connectivity index (χ0n) is 10.2. The molecule has 0 atom stereocenters. The second-order valence-electron chi connectivity index (χ2n) is 4.06. The highest BCUT2D eigenvalue weighted by molar-refractivity contribution is 9.10. The number of rotatable bonds is 6. The molecule has 1 aromatic rings. The van der Waals surface area contributed by atoms with E-state index in [0.717, 1.165) is 15.7 Å². The van der Waals surface area contributed by atoms with E-state index < -0.39 is 9.84 Å². The largest absolute Gasteiger partial charge is 0.383 e. The number of hydrogen-bond acceptors (Lipinski definition) is 3. The minimum absolute atomic E-state index is 0.182. The van der Waals surface area contributed by atoms with Crippen LogP contribution in [0, 0.1) is 6.92 Å². The van der Waals surface area contributed by atoms with Crippen LogP contribution in [-0.2, 0) is 9.84 Å². The predicted octanol–water partition coefficient (Wildman–Crippen LogP) is 2.99. The number of halogens is 1. The Morgan fingerprint density at radius 3 is 2.65 bits per heavy atom. The van der Waals surface area contributed by atoms with E-state index >= 15 is 0 Å². The number of anilines is 1. The van der Waals surface area contributed by atoms with Gasteiger partial charge in [-0.15, -0.1) is 0 Å². The van der Waals surface area contributed by atoms with Crippen LogP contribution in [0.15, 0.2) is 22.7 Å². The molecule has 17 heavy (non-hydrogen) atoms. The summed E-state index contributed by atoms with van der Waals surface area (Å²) in [5, 5.41) is 3.14. The summed E-state index contributed by atoms with van der Waals surface area (Å²) in [6, 6.07) is 5.96. The van der Waals surface area contributed by atoms with Crippen molar-refractivity contribution in [1.82, 2.24) is 0 Å². The summed E-state index contributed by atoms with van der Waals surface area (Å²) < 4.78 is 24.0. The Hall–Kier alpha value is -0.550. The zero-order chi connectivity index (χ0) is 12.9. The molecule has 1 N–H and O–H groups in total. The van der Waals surface area contributed by atoms with E-state index in [1.165, 1.54) is 0 Å². The third-order valence-corrected chi connectivity index (χ3v) is 4.91. The lowest BCUT2D eigenvalue weighted by molar-refractivity contribution is 0.595. The highest BCUT2D eigenvalue weighted by Gasteiger charge is 2.09. The molecule has 0 aromatic heterocycles. The van der Waals surface area contributed by atoms with E-state index in [0.29, 0.717) is 13.0 Å². The smallest absolute Gasteiger partial charge is 0.152 e. The van der Waals surface area contributed by atoms with Crippen molar-refractivity contribution in [2.45, 2.75) is 20.3 Å². The van der Waals surface area contributed by atoms with Gasteiger partial charge in [0, 0.05) is 22.5 Å². The van der Waals surface area contributed by atoms with Crippen molar-refractivity contribution in [1.29, 1.82) is 0 Å². The summed E-state index contributed by atoms with van der Waals surface area (Å²) in [4.78, 5) is 0. The molecule has 0 heterocycles. The molecule has 5 heteroatoms. The van der Waals surface area contributed by atoms with Gasteiger partial charge < -0.3 is 5.32 Å². The van der Waals surface area contributed by atoms with Crippen LogP contribution in [0.2, 0.25) is 0 Å². The van der Waals surface area contributed by atoms with Gasteiger partial charge in [-0.2, -0.15) is 0 Å². The van der Waals surface area contributed by atoms with E-state index in [4.69, 9.17) is 0 Å². The van der Waals surface area contributed by atoms with E-state index in [1.54, 1.807) is 0 Å². The van der Waals surface area contributed by atoms with Crippen LogP contribution in [-0.4, -0.2) is 26.5 Å². The zero-order valence-corrected chi connectivity index (χ0v) is 12.6. The third kappa shape index (κ3) is 5.08. The Kier molecular flexibility index (Phi) is 5.46. The van der Waals surface area contributed by atoms with E-state index in [2.05, 4.69) is 21.2 Å². The van der Waals surface area contributed by atoms with E-state index in [9.17, 15) is 8.42 Å². The van der Waals surface area contributed by atoms with Gasteiger partial charge in [0.25, 0.3) is 0 Å². The lowest BCUT2D eigenvalue weighted by Gasteiger charge is -2.09. The van der Waals surface area contributed by atoms with Crippen LogP contribution in [0.4, 0.5) is 5.69 Å². The first-order chi connectivity index (χ1) is 7.94. The van der Waals surface area contributed by atoms with Gasteiger partial charge in [0.2, 0.25) is 0 Å². The highest BCUT2D eigenvalue weighted by Crippen LogP contribution is 2.22. The summed E-state index contributed by atoms with van der Waals surface area (Å²) in [5.74, 6) is 0.449. The summed E-state index contributed by atoms with van der Waals surface area (Å²) >= 11 is 3.43. The molecule has 0 bridgehead atoms. The molecule has 0 saturated heterocycles. The number of hydrogen-bond donors (Lipinski definition) is 1. The monoisotopic (exact) mass is 319 g/mol. The van der Waals surface area contributed by atoms with Crippen molar-refractivity contribution in [3.63, 3.8) is 0 Å². The second-order valence-corrected chi connectivity index (χ2v) is 7.22. The maximum Gasteiger partial charge on any atom is 0.152 e. The quantitative estimate of drug-likeness (QED) is 0.876. The number of aryl methyl sites for hydroxylation is 1. The minimum Gasteiger partial charge on any atom is -0.383 e. The Balaban J connectivity index is 2.54. The van der Waals surface area contributed by atoms with E-state index in [-0.39, 0.29) is 11.5 Å². The first-order valence-corrected chi connectivity index (χ1v) is 8.26. The Morgan fingerprint density at radius 2 is 2.00 bits per heavy atom. The van der Waals surface area contributed by atoms with Crippen molar-refractivity contribution in [3.8, 4) is 0 Å². The molecule has 3 nitrogen and oxygen atoms in total. The van der Waals surface area contributed by atoms with E-state index in [1.807, 2.05) is 32.0 Å². The molecule has 0 unspecified atom stereocenters. The van der Waals surface area contributed by atoms with Crippen LogP contribution >= 0.6 is 15.9 Å². The maximum atomic E-state index is 11.5. The highest BCUT2D eigenvalue weighted by atomic mass is 79.9. The maximum absolute atomic E-state index is 11.5. The average molecular weight is 320 g/mol. The SMILES string of the molecule is CCCS(=O)(=O)CCNc1cc(C)ccc1Br. The molecule has 0 aliphatic heterocycles. The predicted molar refractivity (Wildman–Crippen MR) is 76.3 cm³/mol. The fraction of sp³-hybridized carbons (Fsp3) is 0.500. The fourth-order valence-corrected chi connectivity index (χ4v) is 3.15. The molecular formula is C12H18BrNO2S. The molecule has 0 radical (unpaired) electrons. The lowest BCUT2D eigenvalue weighted by Crippen LogP contribution is -2.18. The molecule has 1 rings (SSSR count). The van der Waals surface area contributed by atoms with Gasteiger partial charge in [-0.25, -0.2) is 8.42 Å². The molecule has 0 amide bonds. The van der Waals surface area contributed by atoms with Crippen molar-refractivity contribution in [2.75, 3.05) is 23.4 Å². The molecule has 0 aliphatic carbocycles. The van der Waals surface area contributed by atoms with Crippen LogP contribution in [0.25, 0.3) is 0 Å². The Labute approximate surface area is 112 Å². The molecule has 0 aliphatic rings. The first kappa shape index (κ1) is 14.5. The van der Waals surface area contributed by atoms with Gasteiger partial charge >= 0.3 is 0 Å². The average Bonchev–Trinajstić information content (AvgIpc) is 2.23. The standard InChI is InChI=1S/C12H18BrNO2S/c1-3-7-17(15,16)8-6-14-12-9-10(2)4-5-11(12)13/h4-5,9,14H,3,6-8H2,1-2H3. The lowest BCUT2D eigenvalue weighted by atomic mass is 10.2. The topological polar surface area (TPSA) is 46.2 Å². The second kappa shape index (κ2) is 6.40. The number of nitrogens with one attached hydrogen (secondary N) is 1. The molecule has 96 valence electrons. The van der Waals surface area contributed by atoms with Gasteiger partial charge in [-0.1, -0.05) is 13.0 Å². The number of benzene rings is 1. The van der Waals surface area contributed by atoms with Crippen molar-refractivity contribution in [3.05, 3.63) is 28.2 Å². The van der Waals surface area contributed by atoms with Crippen molar-refractivity contribution in [2.24, 2.45) is 0 Å². The summed E-state index contributed by atoms with van der Waals surface area (Å²) in [7, 11) is -2.90. The Bertz CT molecular complexity index is 471. The van der Waals surface area contributed by atoms with Crippen LogP contribution in [0.5, 0.6) is 0 Å². The van der Waals surface area contributed by atoms with Gasteiger partial charge in [0.1, 0.15) is 0 Å².